The van der Waals surface area contributed by atoms with Crippen molar-refractivity contribution < 1.29 is 13.2 Å². The highest BCUT2D eigenvalue weighted by Gasteiger charge is 2.20. The van der Waals surface area contributed by atoms with Crippen molar-refractivity contribution in [1.29, 1.82) is 0 Å². The van der Waals surface area contributed by atoms with Crippen LogP contribution in [0.15, 0.2) is 32.4 Å². The molecule has 1 heterocycles. The van der Waals surface area contributed by atoms with Gasteiger partial charge in [0.25, 0.3) is 5.56 Å². The molecule has 0 fully saturated rings. The van der Waals surface area contributed by atoms with Crippen LogP contribution in [0, 0.1) is 0 Å². The number of hydrogen-bond acceptors (Lipinski definition) is 6. The van der Waals surface area contributed by atoms with Crippen molar-refractivity contribution in [1.82, 2.24) is 19.6 Å². The van der Waals surface area contributed by atoms with E-state index < -0.39 is 10.0 Å². The number of nitrogens with zero attached hydrogens (tertiary/aromatic N) is 2. The van der Waals surface area contributed by atoms with E-state index in [0.717, 1.165) is 19.5 Å². The summed E-state index contributed by atoms with van der Waals surface area (Å²) >= 11 is 3.30. The number of H-pyrrole nitrogens is 1. The largest absolute Gasteiger partial charge is 0.493 e. The zero-order valence-corrected chi connectivity index (χ0v) is 21.8. The van der Waals surface area contributed by atoms with Crippen molar-refractivity contribution in [3.8, 4) is 17.1 Å². The molecule has 2 rings (SSSR count). The first kappa shape index (κ1) is 26.5. The van der Waals surface area contributed by atoms with Gasteiger partial charge in [0.1, 0.15) is 16.0 Å². The van der Waals surface area contributed by atoms with Crippen molar-refractivity contribution in [3.63, 3.8) is 0 Å². The highest BCUT2D eigenvalue weighted by atomic mass is 79.9. The zero-order chi connectivity index (χ0) is 23.9. The number of aromatic amines is 1. The summed E-state index contributed by atoms with van der Waals surface area (Å²) in [5.74, 6) is 0.737. The van der Waals surface area contributed by atoms with Crippen LogP contribution in [-0.4, -0.2) is 56.1 Å². The molecule has 0 unspecified atom stereocenters. The maximum atomic E-state index is 12.9. The molecule has 0 saturated heterocycles. The predicted molar refractivity (Wildman–Crippen MR) is 131 cm³/mol. The van der Waals surface area contributed by atoms with Gasteiger partial charge in [-0.1, -0.05) is 34.6 Å². The van der Waals surface area contributed by atoms with Gasteiger partial charge in [-0.15, -0.1) is 0 Å². The number of sulfonamides is 1. The second-order valence-electron chi connectivity index (χ2n) is 7.70. The standard InChI is InChI=1S/C22H33BrN4O4S/c1-6-13-31-18-10-9-16(32(29,30)24-11-12-27(7-2)8-3)14-17(18)21-25-20(15(4)5)19(23)22(28)26-21/h9-10,14-15,24H,6-8,11-13H2,1-5H3,(H,25,26,28). The maximum absolute atomic E-state index is 12.9. The molecule has 32 heavy (non-hydrogen) atoms. The van der Waals surface area contributed by atoms with Crippen LogP contribution >= 0.6 is 15.9 Å². The summed E-state index contributed by atoms with van der Waals surface area (Å²) in [5.41, 5.74) is 0.693. The van der Waals surface area contributed by atoms with E-state index in [1.54, 1.807) is 6.07 Å². The Hall–Kier alpha value is -1.75. The summed E-state index contributed by atoms with van der Waals surface area (Å²) in [6.45, 7) is 13.0. The number of rotatable bonds is 12. The molecule has 178 valence electrons. The van der Waals surface area contributed by atoms with Crippen molar-refractivity contribution in [2.45, 2.75) is 51.9 Å². The van der Waals surface area contributed by atoms with Crippen molar-refractivity contribution in [2.24, 2.45) is 0 Å². The van der Waals surface area contributed by atoms with Crippen LogP contribution in [0.3, 0.4) is 0 Å². The van der Waals surface area contributed by atoms with E-state index in [2.05, 4.69) is 35.5 Å². The molecule has 0 atom stereocenters. The summed E-state index contributed by atoms with van der Waals surface area (Å²) in [6.07, 6.45) is 0.786. The highest BCUT2D eigenvalue weighted by molar-refractivity contribution is 9.10. The van der Waals surface area contributed by atoms with Gasteiger partial charge in [0.2, 0.25) is 10.0 Å². The van der Waals surface area contributed by atoms with Crippen LogP contribution in [0.25, 0.3) is 11.4 Å². The molecule has 0 aliphatic carbocycles. The number of aromatic nitrogens is 2. The van der Waals surface area contributed by atoms with Crippen LogP contribution in [0.2, 0.25) is 0 Å². The molecule has 1 aromatic carbocycles. The van der Waals surface area contributed by atoms with Gasteiger partial charge < -0.3 is 14.6 Å². The van der Waals surface area contributed by atoms with Gasteiger partial charge in [0.05, 0.1) is 22.8 Å². The Kier molecular flexibility index (Phi) is 9.87. The third kappa shape index (κ3) is 6.63. The van der Waals surface area contributed by atoms with Gasteiger partial charge in [-0.3, -0.25) is 4.79 Å². The molecule has 8 nitrogen and oxygen atoms in total. The van der Waals surface area contributed by atoms with Crippen LogP contribution in [-0.2, 0) is 10.0 Å². The maximum Gasteiger partial charge on any atom is 0.265 e. The lowest BCUT2D eigenvalue weighted by molar-refractivity contribution is 0.309. The average Bonchev–Trinajstić information content (AvgIpc) is 2.76. The van der Waals surface area contributed by atoms with E-state index in [-0.39, 0.29) is 22.2 Å². The highest BCUT2D eigenvalue weighted by Crippen LogP contribution is 2.31. The van der Waals surface area contributed by atoms with Gasteiger partial charge in [-0.25, -0.2) is 18.1 Å². The lowest BCUT2D eigenvalue weighted by atomic mass is 10.1. The third-order valence-corrected chi connectivity index (χ3v) is 7.25. The summed E-state index contributed by atoms with van der Waals surface area (Å²) in [7, 11) is -3.75. The van der Waals surface area contributed by atoms with E-state index in [4.69, 9.17) is 4.74 Å². The molecule has 0 amide bonds. The molecule has 0 aliphatic heterocycles. The number of likely N-dealkylation sites (N-methyl/N-ethyl adjacent to an activating group) is 1. The summed E-state index contributed by atoms with van der Waals surface area (Å²) in [6, 6.07) is 4.62. The number of ether oxygens (including phenoxy) is 1. The molecule has 2 N–H and O–H groups in total. The second-order valence-corrected chi connectivity index (χ2v) is 10.3. The monoisotopic (exact) mass is 528 g/mol. The number of hydrogen-bond donors (Lipinski definition) is 2. The van der Waals surface area contributed by atoms with Crippen LogP contribution < -0.4 is 15.0 Å². The van der Waals surface area contributed by atoms with Gasteiger partial charge in [-0.05, 0) is 59.6 Å². The van der Waals surface area contributed by atoms with Crippen molar-refractivity contribution in [2.75, 3.05) is 32.8 Å². The molecule has 0 aliphatic rings. The minimum absolute atomic E-state index is 0.000839. The fourth-order valence-corrected chi connectivity index (χ4v) is 4.84. The Morgan fingerprint density at radius 3 is 2.50 bits per heavy atom. The zero-order valence-electron chi connectivity index (χ0n) is 19.4. The quantitative estimate of drug-likeness (QED) is 0.434. The minimum Gasteiger partial charge on any atom is -0.493 e. The van der Waals surface area contributed by atoms with E-state index in [0.29, 0.717) is 41.2 Å². The lowest BCUT2D eigenvalue weighted by Gasteiger charge is -2.18. The van der Waals surface area contributed by atoms with E-state index in [1.807, 2.05) is 34.6 Å². The molecular weight excluding hydrogens is 496 g/mol. The predicted octanol–water partition coefficient (Wildman–Crippen LogP) is 3.73. The molecular formula is C22H33BrN4O4S. The van der Waals surface area contributed by atoms with Gasteiger partial charge >= 0.3 is 0 Å². The van der Waals surface area contributed by atoms with Gasteiger partial charge in [0.15, 0.2) is 0 Å². The van der Waals surface area contributed by atoms with Crippen LogP contribution in [0.4, 0.5) is 0 Å². The Bertz CT molecular complexity index is 1070. The molecule has 0 bridgehead atoms. The van der Waals surface area contributed by atoms with Crippen molar-refractivity contribution in [3.05, 3.63) is 38.7 Å². The van der Waals surface area contributed by atoms with E-state index in [9.17, 15) is 13.2 Å². The first-order valence-corrected chi connectivity index (χ1v) is 13.2. The summed E-state index contributed by atoms with van der Waals surface area (Å²) < 4.78 is 34.7. The van der Waals surface area contributed by atoms with Crippen LogP contribution in [0.1, 0.15) is 52.7 Å². The van der Waals surface area contributed by atoms with E-state index >= 15 is 0 Å². The second kappa shape index (κ2) is 11.9. The van der Waals surface area contributed by atoms with Gasteiger partial charge in [-0.2, -0.15) is 0 Å². The summed E-state index contributed by atoms with van der Waals surface area (Å²) in [4.78, 5) is 22.1. The van der Waals surface area contributed by atoms with E-state index in [1.165, 1.54) is 12.1 Å². The molecule has 0 saturated carbocycles. The fraction of sp³-hybridized carbons (Fsp3) is 0.545. The smallest absolute Gasteiger partial charge is 0.265 e. The number of benzene rings is 1. The topological polar surface area (TPSA) is 104 Å². The molecule has 10 heteroatoms. The number of halogens is 1. The number of nitrogens with one attached hydrogen (secondary N) is 2. The Labute approximate surface area is 199 Å². The molecule has 0 radical (unpaired) electrons. The fourth-order valence-electron chi connectivity index (χ4n) is 3.15. The Morgan fingerprint density at radius 2 is 1.91 bits per heavy atom. The third-order valence-electron chi connectivity index (χ3n) is 5.03. The first-order chi connectivity index (χ1) is 15.1. The molecule has 2 aromatic rings. The first-order valence-electron chi connectivity index (χ1n) is 10.9. The molecule has 1 aromatic heterocycles. The molecule has 0 spiro atoms. The summed E-state index contributed by atoms with van der Waals surface area (Å²) in [5, 5.41) is 0. The SMILES string of the molecule is CCCOc1ccc(S(=O)(=O)NCCN(CC)CC)cc1-c1nc(C(C)C)c(Br)c(=O)[nH]1. The normalized spacial score (nSPS) is 12.0. The lowest BCUT2D eigenvalue weighted by Crippen LogP contribution is -2.34. The van der Waals surface area contributed by atoms with Gasteiger partial charge in [0, 0.05) is 13.1 Å². The van der Waals surface area contributed by atoms with Crippen LogP contribution in [0.5, 0.6) is 5.75 Å². The Morgan fingerprint density at radius 1 is 1.22 bits per heavy atom. The van der Waals surface area contributed by atoms with Crippen molar-refractivity contribution >= 4 is 26.0 Å². The Balaban J connectivity index is 2.48. The minimum atomic E-state index is -3.75. The average molecular weight is 530 g/mol.